The minimum Gasteiger partial charge on any atom is -0.508 e. The number of nitrogens with zero attached hydrogens (tertiary/aromatic N) is 2. The zero-order chi connectivity index (χ0) is 16.1. The van der Waals surface area contributed by atoms with E-state index < -0.39 is 0 Å². The molecule has 0 radical (unpaired) electrons. The Morgan fingerprint density at radius 2 is 2.13 bits per heavy atom. The van der Waals surface area contributed by atoms with Crippen molar-refractivity contribution in [3.63, 3.8) is 0 Å². The zero-order valence-corrected chi connectivity index (χ0v) is 13.5. The average molecular weight is 313 g/mol. The third kappa shape index (κ3) is 4.20. The smallest absolute Gasteiger partial charge is 0.233 e. The van der Waals surface area contributed by atoms with Crippen LogP contribution in [-0.4, -0.2) is 35.0 Å². The van der Waals surface area contributed by atoms with Gasteiger partial charge in [0, 0.05) is 17.7 Å². The number of methoxy groups -OCH3 is 1. The molecule has 2 heterocycles. The van der Waals surface area contributed by atoms with Gasteiger partial charge in [-0.05, 0) is 62.1 Å². The lowest BCUT2D eigenvalue weighted by molar-refractivity contribution is 0.382. The monoisotopic (exact) mass is 313 g/mol. The molecule has 5 heteroatoms. The summed E-state index contributed by atoms with van der Waals surface area (Å²) in [5.41, 5.74) is 2.75. The van der Waals surface area contributed by atoms with Gasteiger partial charge in [0.05, 0.1) is 12.8 Å². The first kappa shape index (κ1) is 15.7. The van der Waals surface area contributed by atoms with Gasteiger partial charge in [0.25, 0.3) is 0 Å². The molecule has 1 aliphatic rings. The number of ether oxygens (including phenoxy) is 1. The van der Waals surface area contributed by atoms with Crippen LogP contribution in [0.4, 0.5) is 0 Å². The van der Waals surface area contributed by atoms with Gasteiger partial charge in [0.1, 0.15) is 5.75 Å². The molecule has 1 aliphatic heterocycles. The number of aromatic nitrogens is 2. The molecule has 23 heavy (non-hydrogen) atoms. The number of rotatable bonds is 5. The van der Waals surface area contributed by atoms with Gasteiger partial charge in [-0.3, -0.25) is 0 Å². The molecule has 122 valence electrons. The number of piperidine rings is 1. The number of benzene rings is 1. The van der Waals surface area contributed by atoms with Crippen LogP contribution in [0.25, 0.3) is 11.3 Å². The van der Waals surface area contributed by atoms with Gasteiger partial charge >= 0.3 is 0 Å². The Balaban J connectivity index is 1.72. The van der Waals surface area contributed by atoms with Crippen molar-refractivity contribution in [3.8, 4) is 22.9 Å². The largest absolute Gasteiger partial charge is 0.508 e. The molecule has 1 fully saturated rings. The summed E-state index contributed by atoms with van der Waals surface area (Å²) in [5.74, 6) is 0.754. The molecule has 0 unspecified atom stereocenters. The first-order valence-corrected chi connectivity index (χ1v) is 8.19. The van der Waals surface area contributed by atoms with E-state index in [4.69, 9.17) is 4.74 Å². The quantitative estimate of drug-likeness (QED) is 0.888. The first-order chi connectivity index (χ1) is 11.2. The van der Waals surface area contributed by atoms with Crippen molar-refractivity contribution < 1.29 is 9.84 Å². The van der Waals surface area contributed by atoms with Gasteiger partial charge in [-0.25, -0.2) is 0 Å². The van der Waals surface area contributed by atoms with Crippen LogP contribution in [0.15, 0.2) is 30.3 Å². The predicted molar refractivity (Wildman–Crippen MR) is 89.6 cm³/mol. The highest BCUT2D eigenvalue weighted by Gasteiger charge is 2.13. The number of phenols is 1. The summed E-state index contributed by atoms with van der Waals surface area (Å²) in [7, 11) is 1.56. The molecule has 1 atom stereocenters. The summed E-state index contributed by atoms with van der Waals surface area (Å²) in [6, 6.07) is 9.86. The third-order valence-corrected chi connectivity index (χ3v) is 4.32. The maximum atomic E-state index is 10.0. The van der Waals surface area contributed by atoms with Crippen LogP contribution in [0.2, 0.25) is 0 Å². The summed E-state index contributed by atoms with van der Waals surface area (Å²) in [5, 5.41) is 21.7. The van der Waals surface area contributed by atoms with Crippen molar-refractivity contribution in [3.05, 3.63) is 35.9 Å². The fraction of sp³-hybridized carbons (Fsp3) is 0.444. The molecular weight excluding hydrogens is 290 g/mol. The highest BCUT2D eigenvalue weighted by Crippen LogP contribution is 2.25. The van der Waals surface area contributed by atoms with Gasteiger partial charge < -0.3 is 15.2 Å². The van der Waals surface area contributed by atoms with Crippen LogP contribution in [0.1, 0.15) is 31.2 Å². The van der Waals surface area contributed by atoms with E-state index in [2.05, 4.69) is 21.6 Å². The molecular formula is C18H23N3O2. The minimum absolute atomic E-state index is 0.270. The number of nitrogens with one attached hydrogen (secondary N) is 1. The van der Waals surface area contributed by atoms with E-state index in [1.54, 1.807) is 19.2 Å². The average Bonchev–Trinajstić information content (AvgIpc) is 2.60. The predicted octanol–water partition coefficient (Wildman–Crippen LogP) is 2.93. The van der Waals surface area contributed by atoms with Gasteiger partial charge in [-0.15, -0.1) is 10.2 Å². The molecule has 5 nitrogen and oxygen atoms in total. The lowest BCUT2D eigenvalue weighted by atomic mass is 9.96. The van der Waals surface area contributed by atoms with Crippen molar-refractivity contribution in [1.29, 1.82) is 0 Å². The Labute approximate surface area is 136 Å². The molecule has 2 aromatic rings. The van der Waals surface area contributed by atoms with Gasteiger partial charge in [0.15, 0.2) is 0 Å². The Morgan fingerprint density at radius 3 is 2.83 bits per heavy atom. The number of hydrogen-bond acceptors (Lipinski definition) is 5. The minimum atomic E-state index is 0.270. The highest BCUT2D eigenvalue weighted by molar-refractivity contribution is 5.62. The lowest BCUT2D eigenvalue weighted by Gasteiger charge is -2.23. The molecule has 2 N–H and O–H groups in total. The molecule has 0 amide bonds. The fourth-order valence-electron chi connectivity index (χ4n) is 3.06. The van der Waals surface area contributed by atoms with Crippen molar-refractivity contribution in [2.75, 3.05) is 13.7 Å². The summed E-state index contributed by atoms with van der Waals surface area (Å²) < 4.78 is 5.03. The number of aryl methyl sites for hydroxylation is 1. The topological polar surface area (TPSA) is 67.3 Å². The second kappa shape index (κ2) is 7.42. The van der Waals surface area contributed by atoms with Crippen LogP contribution >= 0.6 is 0 Å². The van der Waals surface area contributed by atoms with E-state index in [0.29, 0.717) is 11.9 Å². The molecule has 1 aromatic heterocycles. The van der Waals surface area contributed by atoms with E-state index in [-0.39, 0.29) is 5.75 Å². The van der Waals surface area contributed by atoms with E-state index in [0.717, 1.165) is 36.2 Å². The van der Waals surface area contributed by atoms with E-state index in [1.165, 1.54) is 19.3 Å². The van der Waals surface area contributed by atoms with Crippen LogP contribution in [0.5, 0.6) is 11.6 Å². The summed E-state index contributed by atoms with van der Waals surface area (Å²) in [6.45, 7) is 1.12. The summed E-state index contributed by atoms with van der Waals surface area (Å²) in [4.78, 5) is 0. The standard InChI is InChI=1S/C18H23N3O2/c1-23-18-8-7-17(20-21-18)14-10-13(11-16(22)12-14)5-6-15-4-2-3-9-19-15/h7-8,10-12,15,19,22H,2-6,9H2,1H3/t15-/m1/s1. The van der Waals surface area contributed by atoms with E-state index >= 15 is 0 Å². The molecule has 0 spiro atoms. The van der Waals surface area contributed by atoms with Crippen LogP contribution < -0.4 is 10.1 Å². The van der Waals surface area contributed by atoms with Crippen LogP contribution in [0.3, 0.4) is 0 Å². The molecule has 1 saturated heterocycles. The second-order valence-corrected chi connectivity index (χ2v) is 6.03. The SMILES string of the molecule is COc1ccc(-c2cc(O)cc(CC[C@H]3CCCCN3)c2)nn1. The van der Waals surface area contributed by atoms with Crippen LogP contribution in [0, 0.1) is 0 Å². The molecule has 0 aliphatic carbocycles. The Morgan fingerprint density at radius 1 is 1.22 bits per heavy atom. The molecule has 3 rings (SSSR count). The van der Waals surface area contributed by atoms with Crippen LogP contribution in [-0.2, 0) is 6.42 Å². The van der Waals surface area contributed by atoms with Crippen molar-refractivity contribution in [1.82, 2.24) is 15.5 Å². The Kier molecular flexibility index (Phi) is 5.08. The van der Waals surface area contributed by atoms with Gasteiger partial charge in [0.2, 0.25) is 5.88 Å². The number of hydrogen-bond donors (Lipinski definition) is 2. The molecule has 0 bridgehead atoms. The van der Waals surface area contributed by atoms with Crippen molar-refractivity contribution in [2.24, 2.45) is 0 Å². The lowest BCUT2D eigenvalue weighted by Crippen LogP contribution is -2.34. The van der Waals surface area contributed by atoms with E-state index in [9.17, 15) is 5.11 Å². The Bertz CT molecular complexity index is 637. The molecule has 1 aromatic carbocycles. The Hall–Kier alpha value is -2.14. The third-order valence-electron chi connectivity index (χ3n) is 4.32. The number of phenolic OH excluding ortho intramolecular Hbond substituents is 1. The first-order valence-electron chi connectivity index (χ1n) is 8.19. The van der Waals surface area contributed by atoms with Gasteiger partial charge in [-0.1, -0.05) is 6.42 Å². The molecule has 0 saturated carbocycles. The normalized spacial score (nSPS) is 17.9. The second-order valence-electron chi connectivity index (χ2n) is 6.03. The summed E-state index contributed by atoms with van der Waals surface area (Å²) >= 11 is 0. The van der Waals surface area contributed by atoms with Crippen molar-refractivity contribution in [2.45, 2.75) is 38.1 Å². The maximum Gasteiger partial charge on any atom is 0.233 e. The zero-order valence-electron chi connectivity index (χ0n) is 13.5. The van der Waals surface area contributed by atoms with E-state index in [1.807, 2.05) is 12.1 Å². The van der Waals surface area contributed by atoms with Crippen molar-refractivity contribution >= 4 is 0 Å². The summed E-state index contributed by atoms with van der Waals surface area (Å²) in [6.07, 6.45) is 5.88. The number of aromatic hydroxyl groups is 1. The fourth-order valence-corrected chi connectivity index (χ4v) is 3.06. The van der Waals surface area contributed by atoms with Gasteiger partial charge in [-0.2, -0.15) is 0 Å². The maximum absolute atomic E-state index is 10.0. The highest BCUT2D eigenvalue weighted by atomic mass is 16.5.